The monoisotopic (exact) mass is 249 g/mol. The maximum atomic E-state index is 11.3. The third kappa shape index (κ3) is 2.17. The van der Waals surface area contributed by atoms with Gasteiger partial charge in [0.1, 0.15) is 0 Å². The Labute approximate surface area is 102 Å². The second kappa shape index (κ2) is 4.48. The van der Waals surface area contributed by atoms with E-state index >= 15 is 0 Å². The van der Waals surface area contributed by atoms with E-state index in [0.717, 1.165) is 5.56 Å². The minimum Gasteiger partial charge on any atom is -0.481 e. The van der Waals surface area contributed by atoms with Crippen LogP contribution in [0, 0.1) is 5.92 Å². The summed E-state index contributed by atoms with van der Waals surface area (Å²) in [6.45, 7) is 0. The Bertz CT molecular complexity index is 523. The van der Waals surface area contributed by atoms with E-state index in [0.29, 0.717) is 11.3 Å². The quantitative estimate of drug-likeness (QED) is 0.674. The van der Waals surface area contributed by atoms with Crippen LogP contribution in [0.4, 0.5) is 5.69 Å². The van der Waals surface area contributed by atoms with E-state index in [1.54, 1.807) is 18.2 Å². The Balaban J connectivity index is 2.30. The molecule has 0 saturated heterocycles. The highest BCUT2D eigenvalue weighted by Gasteiger charge is 2.29. The van der Waals surface area contributed by atoms with Gasteiger partial charge >= 0.3 is 11.9 Å². The highest BCUT2D eigenvalue weighted by atomic mass is 16.4. The molecule has 0 atom stereocenters. The van der Waals surface area contributed by atoms with Crippen LogP contribution >= 0.6 is 0 Å². The van der Waals surface area contributed by atoms with E-state index in [9.17, 15) is 14.4 Å². The number of carboxylic acids is 2. The molecule has 0 bridgehead atoms. The zero-order valence-electron chi connectivity index (χ0n) is 9.34. The molecule has 3 N–H and O–H groups in total. The lowest BCUT2D eigenvalue weighted by atomic mass is 9.96. The Morgan fingerprint density at radius 2 is 1.94 bits per heavy atom. The molecule has 1 aromatic carbocycles. The van der Waals surface area contributed by atoms with Gasteiger partial charge in [0.2, 0.25) is 5.91 Å². The van der Waals surface area contributed by atoms with Crippen LogP contribution in [-0.4, -0.2) is 28.1 Å². The molecule has 0 radical (unpaired) electrons. The summed E-state index contributed by atoms with van der Waals surface area (Å²) in [5, 5.41) is 20.3. The number of carboxylic acid groups (broad SMARTS) is 2. The molecule has 0 unspecified atom stereocenters. The number of benzene rings is 1. The SMILES string of the molecule is O=C1Cc2cccc(CC(C(=O)O)C(=O)O)c2N1. The average molecular weight is 249 g/mol. The van der Waals surface area contributed by atoms with Crippen molar-refractivity contribution in [2.45, 2.75) is 12.8 Å². The van der Waals surface area contributed by atoms with Crippen molar-refractivity contribution in [3.63, 3.8) is 0 Å². The second-order valence-electron chi connectivity index (χ2n) is 4.11. The molecule has 1 aliphatic heterocycles. The number of para-hydroxylation sites is 1. The molecule has 18 heavy (non-hydrogen) atoms. The van der Waals surface area contributed by atoms with Crippen molar-refractivity contribution in [2.75, 3.05) is 5.32 Å². The highest BCUT2D eigenvalue weighted by molar-refractivity contribution is 6.00. The van der Waals surface area contributed by atoms with Gasteiger partial charge in [-0.3, -0.25) is 14.4 Å². The first-order valence-corrected chi connectivity index (χ1v) is 5.35. The summed E-state index contributed by atoms with van der Waals surface area (Å²) < 4.78 is 0. The van der Waals surface area contributed by atoms with E-state index in [1.807, 2.05) is 0 Å². The molecule has 1 heterocycles. The van der Waals surface area contributed by atoms with E-state index < -0.39 is 17.9 Å². The number of nitrogens with one attached hydrogen (secondary N) is 1. The van der Waals surface area contributed by atoms with Crippen LogP contribution in [0.15, 0.2) is 18.2 Å². The molecule has 6 heteroatoms. The number of fused-ring (bicyclic) bond motifs is 1. The molecule has 6 nitrogen and oxygen atoms in total. The predicted molar refractivity (Wildman–Crippen MR) is 61.2 cm³/mol. The number of rotatable bonds is 4. The van der Waals surface area contributed by atoms with Crippen LogP contribution in [0.25, 0.3) is 0 Å². The van der Waals surface area contributed by atoms with Crippen LogP contribution in [0.2, 0.25) is 0 Å². The van der Waals surface area contributed by atoms with Gasteiger partial charge in [0.15, 0.2) is 5.92 Å². The van der Waals surface area contributed by atoms with E-state index in [2.05, 4.69) is 5.32 Å². The second-order valence-corrected chi connectivity index (χ2v) is 4.11. The Morgan fingerprint density at radius 3 is 2.56 bits per heavy atom. The summed E-state index contributed by atoms with van der Waals surface area (Å²) in [5.41, 5.74) is 1.86. The van der Waals surface area contributed by atoms with E-state index in [4.69, 9.17) is 10.2 Å². The summed E-state index contributed by atoms with van der Waals surface area (Å²) in [4.78, 5) is 32.9. The van der Waals surface area contributed by atoms with Gasteiger partial charge in [-0.1, -0.05) is 18.2 Å². The highest BCUT2D eigenvalue weighted by Crippen LogP contribution is 2.28. The van der Waals surface area contributed by atoms with Gasteiger partial charge in [0.05, 0.1) is 6.42 Å². The van der Waals surface area contributed by atoms with E-state index in [-0.39, 0.29) is 18.7 Å². The molecule has 0 aromatic heterocycles. The molecular formula is C12H11NO5. The Morgan fingerprint density at radius 1 is 1.28 bits per heavy atom. The number of amides is 1. The van der Waals surface area contributed by atoms with Gasteiger partial charge in [-0.05, 0) is 17.5 Å². The van der Waals surface area contributed by atoms with Crippen LogP contribution in [0.3, 0.4) is 0 Å². The fourth-order valence-electron chi connectivity index (χ4n) is 1.99. The zero-order chi connectivity index (χ0) is 13.3. The Hall–Kier alpha value is -2.37. The summed E-state index contributed by atoms with van der Waals surface area (Å²) in [5.74, 6) is -4.44. The molecule has 1 aromatic rings. The van der Waals surface area contributed by atoms with Crippen LogP contribution in [0.5, 0.6) is 0 Å². The fraction of sp³-hybridized carbons (Fsp3) is 0.250. The lowest BCUT2D eigenvalue weighted by Crippen LogP contribution is -2.25. The fourth-order valence-corrected chi connectivity index (χ4v) is 1.99. The topological polar surface area (TPSA) is 104 Å². The number of aliphatic carboxylic acids is 2. The molecule has 0 spiro atoms. The van der Waals surface area contributed by atoms with Crippen molar-refractivity contribution in [1.82, 2.24) is 0 Å². The van der Waals surface area contributed by atoms with Crippen LogP contribution in [-0.2, 0) is 27.2 Å². The van der Waals surface area contributed by atoms with Gasteiger partial charge in [0.25, 0.3) is 0 Å². The molecule has 0 saturated carbocycles. The summed E-state index contributed by atoms with van der Waals surface area (Å²) in [6.07, 6.45) is 0.0993. The normalized spacial score (nSPS) is 13.3. The molecule has 94 valence electrons. The molecule has 2 rings (SSSR count). The molecule has 0 fully saturated rings. The Kier molecular flexibility index (Phi) is 3.01. The number of hydrogen-bond acceptors (Lipinski definition) is 3. The van der Waals surface area contributed by atoms with Crippen molar-refractivity contribution in [2.24, 2.45) is 5.92 Å². The van der Waals surface area contributed by atoms with Crippen molar-refractivity contribution in [3.8, 4) is 0 Å². The third-order valence-corrected chi connectivity index (χ3v) is 2.87. The zero-order valence-corrected chi connectivity index (χ0v) is 9.34. The van der Waals surface area contributed by atoms with Crippen LogP contribution < -0.4 is 5.32 Å². The maximum absolute atomic E-state index is 11.3. The van der Waals surface area contributed by atoms with Crippen molar-refractivity contribution in [1.29, 1.82) is 0 Å². The molecule has 0 aliphatic carbocycles. The van der Waals surface area contributed by atoms with Crippen molar-refractivity contribution >= 4 is 23.5 Å². The third-order valence-electron chi connectivity index (χ3n) is 2.87. The minimum atomic E-state index is -1.51. The summed E-state index contributed by atoms with van der Waals surface area (Å²) in [7, 11) is 0. The lowest BCUT2D eigenvalue weighted by molar-refractivity contribution is -0.154. The van der Waals surface area contributed by atoms with Gasteiger partial charge in [-0.15, -0.1) is 0 Å². The minimum absolute atomic E-state index is 0.145. The maximum Gasteiger partial charge on any atom is 0.318 e. The number of carbonyl (C=O) groups excluding carboxylic acids is 1. The first-order valence-electron chi connectivity index (χ1n) is 5.35. The van der Waals surface area contributed by atoms with Gasteiger partial charge in [-0.2, -0.15) is 0 Å². The number of carbonyl (C=O) groups is 3. The smallest absolute Gasteiger partial charge is 0.318 e. The standard InChI is InChI=1S/C12H11NO5/c14-9-5-7-3-1-2-6(10(7)13-9)4-8(11(15)16)12(17)18/h1-3,8H,4-5H2,(H,13,14)(H,15,16)(H,17,18). The summed E-state index contributed by atoms with van der Waals surface area (Å²) >= 11 is 0. The summed E-state index contributed by atoms with van der Waals surface area (Å²) in [6, 6.07) is 5.08. The molecule has 1 amide bonds. The van der Waals surface area contributed by atoms with Crippen molar-refractivity contribution in [3.05, 3.63) is 29.3 Å². The van der Waals surface area contributed by atoms with Gasteiger partial charge < -0.3 is 15.5 Å². The first kappa shape index (κ1) is 12.1. The van der Waals surface area contributed by atoms with Crippen LogP contribution in [0.1, 0.15) is 11.1 Å². The average Bonchev–Trinajstić information content (AvgIpc) is 2.65. The predicted octanol–water partition coefficient (Wildman–Crippen LogP) is 0.509. The first-order chi connectivity index (χ1) is 8.49. The van der Waals surface area contributed by atoms with Crippen molar-refractivity contribution < 1.29 is 24.6 Å². The van der Waals surface area contributed by atoms with E-state index in [1.165, 1.54) is 0 Å². The lowest BCUT2D eigenvalue weighted by Gasteiger charge is -2.11. The molecular weight excluding hydrogens is 238 g/mol. The van der Waals surface area contributed by atoms with Gasteiger partial charge in [0, 0.05) is 5.69 Å². The number of hydrogen-bond donors (Lipinski definition) is 3. The largest absolute Gasteiger partial charge is 0.481 e. The molecule has 1 aliphatic rings. The van der Waals surface area contributed by atoms with Gasteiger partial charge in [-0.25, -0.2) is 0 Å². The number of anilines is 1.